The molecule has 0 saturated carbocycles. The molecule has 3 heterocycles. The number of nitrogens with one attached hydrogen (secondary N) is 2. The number of hydrogen-bond donors (Lipinski definition) is 2. The number of urea groups is 1. The van der Waals surface area contributed by atoms with Gasteiger partial charge in [0.25, 0.3) is 0 Å². The van der Waals surface area contributed by atoms with E-state index in [0.717, 1.165) is 11.3 Å². The smallest absolute Gasteiger partial charge is 0.338 e. The summed E-state index contributed by atoms with van der Waals surface area (Å²) in [5, 5.41) is 15.8. The number of ether oxygens (including phenoxy) is 4. The first-order chi connectivity index (χ1) is 16.9. The van der Waals surface area contributed by atoms with Crippen molar-refractivity contribution in [3.05, 3.63) is 57.9 Å². The van der Waals surface area contributed by atoms with Gasteiger partial charge in [-0.1, -0.05) is 17.8 Å². The molecule has 0 fully saturated rings. The van der Waals surface area contributed by atoms with E-state index in [1.54, 1.807) is 38.3 Å². The molecular weight excluding hydrogens is 472 g/mol. The van der Waals surface area contributed by atoms with Crippen molar-refractivity contribution in [3.8, 4) is 17.6 Å². The number of esters is 1. The van der Waals surface area contributed by atoms with Gasteiger partial charge in [0, 0.05) is 24.3 Å². The van der Waals surface area contributed by atoms with Gasteiger partial charge in [-0.3, -0.25) is 0 Å². The van der Waals surface area contributed by atoms with Crippen LogP contribution in [-0.4, -0.2) is 43.2 Å². The fraction of sp³-hybridized carbons (Fsp3) is 0.333. The molecule has 0 saturated heterocycles. The molecular formula is C24H24N4O6S. The van der Waals surface area contributed by atoms with Crippen molar-refractivity contribution in [2.75, 3.05) is 26.3 Å². The fourth-order valence-electron chi connectivity index (χ4n) is 3.87. The van der Waals surface area contributed by atoms with Crippen molar-refractivity contribution < 1.29 is 28.5 Å². The van der Waals surface area contributed by atoms with Crippen LogP contribution in [0.15, 0.2) is 40.6 Å². The summed E-state index contributed by atoms with van der Waals surface area (Å²) in [5.74, 6) is 0.742. The molecule has 2 N–H and O–H groups in total. The second-order valence-electron chi connectivity index (χ2n) is 7.69. The van der Waals surface area contributed by atoms with E-state index in [9.17, 15) is 14.9 Å². The Hall–Kier alpha value is -3.75. The number of aryl methyl sites for hydroxylation is 1. The van der Waals surface area contributed by atoms with E-state index in [-0.39, 0.29) is 31.3 Å². The maximum absolute atomic E-state index is 13.0. The number of carbonyl (C=O) groups excluding carboxylic acids is 2. The average Bonchev–Trinajstić information content (AvgIpc) is 3.30. The number of benzene rings is 1. The summed E-state index contributed by atoms with van der Waals surface area (Å²) >= 11 is 1.25. The van der Waals surface area contributed by atoms with Gasteiger partial charge in [-0.15, -0.1) is 0 Å². The van der Waals surface area contributed by atoms with Crippen LogP contribution >= 0.6 is 11.8 Å². The molecule has 182 valence electrons. The SMILES string of the molecule is CCOC(=O)C1=C(CSc2nc(C)cc(COC)c2C#N)NC(=O)N[C@@H]1c1ccc2c(c1)OCO2. The largest absolute Gasteiger partial charge is 0.463 e. The second-order valence-corrected chi connectivity index (χ2v) is 8.66. The van der Waals surface area contributed by atoms with Crippen molar-refractivity contribution in [3.63, 3.8) is 0 Å². The van der Waals surface area contributed by atoms with Gasteiger partial charge in [0.15, 0.2) is 11.5 Å². The van der Waals surface area contributed by atoms with Crippen LogP contribution in [-0.2, 0) is 20.9 Å². The summed E-state index contributed by atoms with van der Waals surface area (Å²) < 4.78 is 21.4. The summed E-state index contributed by atoms with van der Waals surface area (Å²) in [6.07, 6.45) is 0. The van der Waals surface area contributed by atoms with Crippen molar-refractivity contribution in [1.29, 1.82) is 5.26 Å². The predicted molar refractivity (Wildman–Crippen MR) is 126 cm³/mol. The van der Waals surface area contributed by atoms with E-state index in [0.29, 0.717) is 33.3 Å². The van der Waals surface area contributed by atoms with E-state index in [4.69, 9.17) is 18.9 Å². The molecule has 0 radical (unpaired) electrons. The van der Waals surface area contributed by atoms with Crippen LogP contribution in [0.2, 0.25) is 0 Å². The number of amides is 2. The molecule has 1 atom stereocenters. The Kier molecular flexibility index (Phi) is 7.43. The Balaban J connectivity index is 1.72. The van der Waals surface area contributed by atoms with Gasteiger partial charge < -0.3 is 29.6 Å². The number of aromatic nitrogens is 1. The molecule has 2 aliphatic rings. The van der Waals surface area contributed by atoms with Gasteiger partial charge in [-0.25, -0.2) is 14.6 Å². The predicted octanol–water partition coefficient (Wildman–Crippen LogP) is 3.10. The van der Waals surface area contributed by atoms with E-state index in [1.807, 2.05) is 6.92 Å². The van der Waals surface area contributed by atoms with Gasteiger partial charge in [0.05, 0.1) is 30.4 Å². The Morgan fingerprint density at radius 3 is 2.86 bits per heavy atom. The van der Waals surface area contributed by atoms with Crippen molar-refractivity contribution >= 4 is 23.8 Å². The third-order valence-electron chi connectivity index (χ3n) is 5.34. The number of pyridine rings is 1. The minimum Gasteiger partial charge on any atom is -0.463 e. The third kappa shape index (κ3) is 5.18. The first-order valence-electron chi connectivity index (χ1n) is 10.8. The molecule has 2 amide bonds. The van der Waals surface area contributed by atoms with Crippen LogP contribution in [0.1, 0.15) is 35.3 Å². The molecule has 2 aromatic rings. The number of thioether (sulfide) groups is 1. The van der Waals surface area contributed by atoms with Crippen LogP contribution < -0.4 is 20.1 Å². The van der Waals surface area contributed by atoms with E-state index >= 15 is 0 Å². The summed E-state index contributed by atoms with van der Waals surface area (Å²) in [6, 6.07) is 7.99. The Morgan fingerprint density at radius 2 is 2.11 bits per heavy atom. The maximum atomic E-state index is 13.0. The first-order valence-corrected chi connectivity index (χ1v) is 11.8. The first kappa shape index (κ1) is 24.4. The van der Waals surface area contributed by atoms with Crippen LogP contribution in [0.4, 0.5) is 4.79 Å². The quantitative estimate of drug-likeness (QED) is 0.418. The van der Waals surface area contributed by atoms with Gasteiger partial charge in [-0.05, 0) is 43.2 Å². The zero-order valence-electron chi connectivity index (χ0n) is 19.5. The lowest BCUT2D eigenvalue weighted by Crippen LogP contribution is -2.46. The second kappa shape index (κ2) is 10.7. The van der Waals surface area contributed by atoms with Crippen LogP contribution in [0.5, 0.6) is 11.5 Å². The van der Waals surface area contributed by atoms with Crippen molar-refractivity contribution in [2.24, 2.45) is 0 Å². The standard InChI is InChI=1S/C24H24N4O6S/c1-4-32-23(29)20-17(11-35-22-16(9-25)15(10-31-3)7-13(2)26-22)27-24(30)28-21(20)14-5-6-18-19(8-14)34-12-33-18/h5-8,21H,4,10-12H2,1-3H3,(H2,27,28,30)/t21-/m1/s1. The van der Waals surface area contributed by atoms with Crippen LogP contribution in [0.25, 0.3) is 0 Å². The Labute approximate surface area is 206 Å². The number of hydrogen-bond acceptors (Lipinski definition) is 9. The highest BCUT2D eigenvalue weighted by Gasteiger charge is 2.34. The third-order valence-corrected chi connectivity index (χ3v) is 6.34. The number of nitriles is 1. The minimum atomic E-state index is -0.766. The van der Waals surface area contributed by atoms with Gasteiger partial charge >= 0.3 is 12.0 Å². The molecule has 35 heavy (non-hydrogen) atoms. The lowest BCUT2D eigenvalue weighted by Gasteiger charge is -2.29. The molecule has 0 aliphatic carbocycles. The number of carbonyl (C=O) groups is 2. The summed E-state index contributed by atoms with van der Waals surface area (Å²) in [7, 11) is 1.56. The Bertz CT molecular complexity index is 1240. The van der Waals surface area contributed by atoms with E-state index in [1.165, 1.54) is 11.8 Å². The molecule has 0 spiro atoms. The number of nitrogens with zero attached hydrogens (tertiary/aromatic N) is 2. The zero-order chi connectivity index (χ0) is 24.9. The monoisotopic (exact) mass is 496 g/mol. The molecule has 4 rings (SSSR count). The lowest BCUT2D eigenvalue weighted by atomic mass is 9.95. The van der Waals surface area contributed by atoms with E-state index < -0.39 is 18.0 Å². The van der Waals surface area contributed by atoms with Gasteiger partial charge in [-0.2, -0.15) is 5.26 Å². The van der Waals surface area contributed by atoms with Gasteiger partial charge in [0.1, 0.15) is 11.1 Å². The molecule has 0 unspecified atom stereocenters. The molecule has 1 aromatic carbocycles. The van der Waals surface area contributed by atoms with E-state index in [2.05, 4.69) is 21.7 Å². The molecule has 10 nitrogen and oxygen atoms in total. The van der Waals surface area contributed by atoms with Crippen molar-refractivity contribution in [1.82, 2.24) is 15.6 Å². The maximum Gasteiger partial charge on any atom is 0.338 e. The van der Waals surface area contributed by atoms with Crippen LogP contribution in [0.3, 0.4) is 0 Å². The number of fused-ring (bicyclic) bond motifs is 1. The highest BCUT2D eigenvalue weighted by Crippen LogP contribution is 2.38. The Morgan fingerprint density at radius 1 is 1.31 bits per heavy atom. The molecule has 2 aliphatic heterocycles. The molecule has 0 bridgehead atoms. The fourth-order valence-corrected chi connectivity index (χ4v) is 4.91. The normalized spacial score (nSPS) is 16.4. The average molecular weight is 497 g/mol. The summed E-state index contributed by atoms with van der Waals surface area (Å²) in [5.41, 5.74) is 3.13. The minimum absolute atomic E-state index is 0.107. The molecule has 11 heteroatoms. The highest BCUT2D eigenvalue weighted by molar-refractivity contribution is 7.99. The topological polar surface area (TPSA) is 132 Å². The summed E-state index contributed by atoms with van der Waals surface area (Å²) in [4.78, 5) is 30.1. The number of rotatable bonds is 8. The summed E-state index contributed by atoms with van der Waals surface area (Å²) in [6.45, 7) is 4.09. The zero-order valence-corrected chi connectivity index (χ0v) is 20.3. The van der Waals surface area contributed by atoms with Crippen LogP contribution in [0, 0.1) is 18.3 Å². The lowest BCUT2D eigenvalue weighted by molar-refractivity contribution is -0.139. The molecule has 1 aromatic heterocycles. The van der Waals surface area contributed by atoms with Gasteiger partial charge in [0.2, 0.25) is 6.79 Å². The van der Waals surface area contributed by atoms with Crippen molar-refractivity contribution in [2.45, 2.75) is 31.5 Å². The highest BCUT2D eigenvalue weighted by atomic mass is 32.2. The number of methoxy groups -OCH3 is 1.